The number of hydrogen-bond donors (Lipinski definition) is 0. The molecule has 0 bridgehead atoms. The zero-order chi connectivity index (χ0) is 17.8. The third-order valence-electron chi connectivity index (χ3n) is 4.71. The molecule has 3 aromatic rings. The van der Waals surface area contributed by atoms with Crippen LogP contribution in [0.15, 0.2) is 46.3 Å². The van der Waals surface area contributed by atoms with Crippen LogP contribution in [0.25, 0.3) is 0 Å². The maximum atomic E-state index is 5.16. The first-order valence-corrected chi connectivity index (χ1v) is 9.97. The van der Waals surface area contributed by atoms with Gasteiger partial charge in [0.2, 0.25) is 0 Å². The van der Waals surface area contributed by atoms with E-state index in [9.17, 15) is 0 Å². The van der Waals surface area contributed by atoms with Crippen LogP contribution in [0.1, 0.15) is 27.7 Å². The fourth-order valence-electron chi connectivity index (χ4n) is 3.33. The molecule has 26 heavy (non-hydrogen) atoms. The predicted octanol–water partition coefficient (Wildman–Crippen LogP) is 3.35. The van der Waals surface area contributed by atoms with Crippen LogP contribution in [-0.2, 0) is 19.5 Å². The SMILES string of the molecule is Cc1cc(CN2CCN(Cc3csc(Cc4ccccc4)n3)CC2)no1. The average Bonchev–Trinajstić information content (AvgIpc) is 3.26. The van der Waals surface area contributed by atoms with Crippen LogP contribution in [-0.4, -0.2) is 46.1 Å². The minimum absolute atomic E-state index is 0.878. The molecule has 3 heterocycles. The Kier molecular flexibility index (Phi) is 5.43. The Bertz CT molecular complexity index is 821. The molecule has 0 N–H and O–H groups in total. The number of thiazole rings is 1. The summed E-state index contributed by atoms with van der Waals surface area (Å²) >= 11 is 1.77. The molecule has 1 fully saturated rings. The van der Waals surface area contributed by atoms with Gasteiger partial charge in [0.1, 0.15) is 5.76 Å². The van der Waals surface area contributed by atoms with Crippen molar-refractivity contribution in [1.82, 2.24) is 19.9 Å². The van der Waals surface area contributed by atoms with E-state index in [4.69, 9.17) is 9.51 Å². The number of nitrogens with zero attached hydrogens (tertiary/aromatic N) is 4. The van der Waals surface area contributed by atoms with Gasteiger partial charge in [-0.3, -0.25) is 9.80 Å². The topological polar surface area (TPSA) is 45.4 Å². The molecule has 0 amide bonds. The number of hydrogen-bond acceptors (Lipinski definition) is 6. The van der Waals surface area contributed by atoms with Crippen LogP contribution in [0.4, 0.5) is 0 Å². The van der Waals surface area contributed by atoms with Crippen molar-refractivity contribution in [2.75, 3.05) is 26.2 Å². The number of rotatable bonds is 6. The van der Waals surface area contributed by atoms with Crippen molar-refractivity contribution in [3.63, 3.8) is 0 Å². The van der Waals surface area contributed by atoms with E-state index in [0.29, 0.717) is 0 Å². The summed E-state index contributed by atoms with van der Waals surface area (Å²) in [6, 6.07) is 12.6. The molecule has 0 atom stereocenters. The Balaban J connectivity index is 1.25. The van der Waals surface area contributed by atoms with Gasteiger partial charge in [0.05, 0.1) is 16.4 Å². The van der Waals surface area contributed by atoms with Gasteiger partial charge in [-0.05, 0) is 12.5 Å². The molecule has 1 aliphatic heterocycles. The van der Waals surface area contributed by atoms with E-state index in [1.165, 1.54) is 16.3 Å². The first kappa shape index (κ1) is 17.4. The lowest BCUT2D eigenvalue weighted by atomic mass is 10.2. The molecule has 0 spiro atoms. The van der Waals surface area contributed by atoms with Crippen LogP contribution in [0.5, 0.6) is 0 Å². The second-order valence-corrected chi connectivity index (χ2v) is 7.82. The van der Waals surface area contributed by atoms with Crippen molar-refractivity contribution in [2.24, 2.45) is 0 Å². The van der Waals surface area contributed by atoms with Crippen LogP contribution < -0.4 is 0 Å². The lowest BCUT2D eigenvalue weighted by Crippen LogP contribution is -2.45. The quantitative estimate of drug-likeness (QED) is 0.668. The third-order valence-corrected chi connectivity index (χ3v) is 5.61. The van der Waals surface area contributed by atoms with Gasteiger partial charge >= 0.3 is 0 Å². The number of piperazine rings is 1. The summed E-state index contributed by atoms with van der Waals surface area (Å²) in [6.45, 7) is 8.03. The van der Waals surface area contributed by atoms with Crippen molar-refractivity contribution in [2.45, 2.75) is 26.4 Å². The molecule has 1 aliphatic rings. The number of aromatic nitrogens is 2. The summed E-state index contributed by atoms with van der Waals surface area (Å²) in [5.74, 6) is 0.883. The molecule has 0 aliphatic carbocycles. The molecule has 2 aromatic heterocycles. The van der Waals surface area contributed by atoms with Crippen LogP contribution in [0.2, 0.25) is 0 Å². The van der Waals surface area contributed by atoms with Crippen molar-refractivity contribution in [3.05, 3.63) is 69.5 Å². The van der Waals surface area contributed by atoms with E-state index in [-0.39, 0.29) is 0 Å². The molecule has 1 saturated heterocycles. The van der Waals surface area contributed by atoms with Gasteiger partial charge in [-0.25, -0.2) is 4.98 Å². The summed E-state index contributed by atoms with van der Waals surface area (Å²) < 4.78 is 5.16. The van der Waals surface area contributed by atoms with Gasteiger partial charge in [0.15, 0.2) is 0 Å². The van der Waals surface area contributed by atoms with Crippen LogP contribution in [0.3, 0.4) is 0 Å². The Morgan fingerprint density at radius 3 is 2.35 bits per heavy atom. The molecule has 5 nitrogen and oxygen atoms in total. The first-order chi connectivity index (χ1) is 12.7. The van der Waals surface area contributed by atoms with Gasteiger partial charge in [-0.15, -0.1) is 11.3 Å². The minimum Gasteiger partial charge on any atom is -0.361 e. The van der Waals surface area contributed by atoms with Crippen molar-refractivity contribution in [1.29, 1.82) is 0 Å². The standard InChI is InChI=1S/C20H24N4OS/c1-16-11-18(22-25-16)13-23-7-9-24(10-8-23)14-19-15-26-20(21-19)12-17-5-3-2-4-6-17/h2-6,11,15H,7-10,12-14H2,1H3. The maximum Gasteiger partial charge on any atom is 0.133 e. The highest BCUT2D eigenvalue weighted by Crippen LogP contribution is 2.17. The molecule has 0 unspecified atom stereocenters. The molecule has 4 rings (SSSR count). The molecular weight excluding hydrogens is 344 g/mol. The highest BCUT2D eigenvalue weighted by molar-refractivity contribution is 7.09. The molecule has 6 heteroatoms. The van der Waals surface area contributed by atoms with Crippen molar-refractivity contribution < 1.29 is 4.52 Å². The summed E-state index contributed by atoms with van der Waals surface area (Å²) in [5, 5.41) is 7.51. The lowest BCUT2D eigenvalue weighted by molar-refractivity contribution is 0.119. The second kappa shape index (κ2) is 8.12. The van der Waals surface area contributed by atoms with Gasteiger partial charge in [-0.2, -0.15) is 0 Å². The van der Waals surface area contributed by atoms with Crippen LogP contribution >= 0.6 is 11.3 Å². The maximum absolute atomic E-state index is 5.16. The number of aryl methyl sites for hydroxylation is 1. The predicted molar refractivity (Wildman–Crippen MR) is 103 cm³/mol. The molecular formula is C20H24N4OS. The number of benzene rings is 1. The molecule has 0 saturated carbocycles. The fraction of sp³-hybridized carbons (Fsp3) is 0.400. The Morgan fingerprint density at radius 1 is 1.00 bits per heavy atom. The zero-order valence-corrected chi connectivity index (χ0v) is 15.9. The Hall–Kier alpha value is -2.02. The van der Waals surface area contributed by atoms with E-state index in [2.05, 4.69) is 50.7 Å². The van der Waals surface area contributed by atoms with E-state index in [1.807, 2.05) is 13.0 Å². The normalized spacial score (nSPS) is 16.2. The van der Waals surface area contributed by atoms with Crippen LogP contribution in [0, 0.1) is 6.92 Å². The lowest BCUT2D eigenvalue weighted by Gasteiger charge is -2.33. The van der Waals surface area contributed by atoms with Gasteiger partial charge in [0.25, 0.3) is 0 Å². The van der Waals surface area contributed by atoms with Gasteiger partial charge in [0, 0.05) is 57.1 Å². The molecule has 0 radical (unpaired) electrons. The summed E-state index contributed by atoms with van der Waals surface area (Å²) in [6.07, 6.45) is 0.927. The van der Waals surface area contributed by atoms with E-state index < -0.39 is 0 Å². The van der Waals surface area contributed by atoms with Crippen molar-refractivity contribution >= 4 is 11.3 Å². The van der Waals surface area contributed by atoms with Gasteiger partial charge < -0.3 is 4.52 Å². The first-order valence-electron chi connectivity index (χ1n) is 9.09. The molecule has 1 aromatic carbocycles. The molecule has 136 valence electrons. The highest BCUT2D eigenvalue weighted by atomic mass is 32.1. The fourth-order valence-corrected chi connectivity index (χ4v) is 4.15. The zero-order valence-electron chi connectivity index (χ0n) is 15.1. The minimum atomic E-state index is 0.878. The van der Waals surface area contributed by atoms with Gasteiger partial charge in [-0.1, -0.05) is 35.5 Å². The third kappa shape index (κ3) is 4.58. The largest absolute Gasteiger partial charge is 0.361 e. The summed E-state index contributed by atoms with van der Waals surface area (Å²) in [4.78, 5) is 9.76. The smallest absolute Gasteiger partial charge is 0.133 e. The average molecular weight is 369 g/mol. The second-order valence-electron chi connectivity index (χ2n) is 6.88. The van der Waals surface area contributed by atoms with E-state index in [1.54, 1.807) is 11.3 Å². The highest BCUT2D eigenvalue weighted by Gasteiger charge is 2.19. The van der Waals surface area contributed by atoms with Crippen molar-refractivity contribution in [3.8, 4) is 0 Å². The Morgan fingerprint density at radius 2 is 1.69 bits per heavy atom. The summed E-state index contributed by atoms with van der Waals surface area (Å²) in [7, 11) is 0. The monoisotopic (exact) mass is 368 g/mol. The van der Waals surface area contributed by atoms with E-state index >= 15 is 0 Å². The Labute approximate surface area is 158 Å². The summed E-state index contributed by atoms with van der Waals surface area (Å²) in [5.41, 5.74) is 3.55. The van der Waals surface area contributed by atoms with E-state index in [0.717, 1.165) is 57.1 Å².